The second kappa shape index (κ2) is 14.9. The molecule has 0 aliphatic carbocycles. The fourth-order valence-corrected chi connectivity index (χ4v) is 8.05. The molecular formula is C37H44ClFN8O2. The lowest BCUT2D eigenvalue weighted by molar-refractivity contribution is -0.128. The quantitative estimate of drug-likeness (QED) is 0.234. The lowest BCUT2D eigenvalue weighted by Crippen LogP contribution is -2.56. The van der Waals surface area contributed by atoms with E-state index in [9.17, 15) is 9.18 Å². The molecule has 4 aliphatic rings. The Balaban J connectivity index is 1.14. The molecular weight excluding hydrogens is 643 g/mol. The molecule has 2 aromatic carbocycles. The lowest BCUT2D eigenvalue weighted by Gasteiger charge is -2.41. The second-order valence-electron chi connectivity index (χ2n) is 13.6. The standard InChI is InChI=1S/C37H44ClFN8O2/c1-40-21-29-23-46(19-20-47(29)34(48)12-6-16-44-17-13-27(39)22-44)36-30-14-18-45(33-11-4-8-26-7-3-10-31(38)35(26)33)24-32(30)41-37(42-36)49-25-28-9-5-15-43(28)2/h3-4,6-8,10-12,27-29H,5,9,13-25H2,2H3/b12-6+/t27?,28-,29-/m0/s1. The van der Waals surface area contributed by atoms with Gasteiger partial charge in [0.1, 0.15) is 24.6 Å². The summed E-state index contributed by atoms with van der Waals surface area (Å²) in [7, 11) is 2.13. The smallest absolute Gasteiger partial charge is 0.318 e. The fraction of sp³-hybridized carbons (Fsp3) is 0.514. The van der Waals surface area contributed by atoms with E-state index < -0.39 is 6.17 Å². The number of nitrogens with zero attached hydrogens (tertiary/aromatic N) is 8. The number of benzene rings is 2. The van der Waals surface area contributed by atoms with Crippen LogP contribution in [-0.2, 0) is 17.8 Å². The van der Waals surface area contributed by atoms with Gasteiger partial charge in [-0.1, -0.05) is 41.9 Å². The third-order valence-corrected chi connectivity index (χ3v) is 10.8. The summed E-state index contributed by atoms with van der Waals surface area (Å²) < 4.78 is 19.9. The molecule has 0 radical (unpaired) electrons. The first kappa shape index (κ1) is 33.5. The molecule has 258 valence electrons. The Morgan fingerprint density at radius 2 is 1.92 bits per heavy atom. The Morgan fingerprint density at radius 3 is 2.69 bits per heavy atom. The van der Waals surface area contributed by atoms with E-state index in [1.165, 1.54) is 0 Å². The van der Waals surface area contributed by atoms with Crippen LogP contribution in [-0.4, -0.2) is 121 Å². The van der Waals surface area contributed by atoms with Crippen molar-refractivity contribution in [2.45, 2.75) is 50.5 Å². The summed E-state index contributed by atoms with van der Waals surface area (Å²) in [5, 5.41) is 2.86. The summed E-state index contributed by atoms with van der Waals surface area (Å²) in [6, 6.07) is 12.7. The number of carbonyl (C=O) groups is 1. The molecule has 3 aromatic rings. The van der Waals surface area contributed by atoms with Crippen molar-refractivity contribution in [3.63, 3.8) is 0 Å². The molecule has 1 aromatic heterocycles. The van der Waals surface area contributed by atoms with Crippen LogP contribution in [0.1, 0.15) is 30.5 Å². The Hall–Kier alpha value is -3.98. The first-order chi connectivity index (χ1) is 23.9. The van der Waals surface area contributed by atoms with Gasteiger partial charge in [-0.15, -0.1) is 0 Å². The number of hydrogen-bond donors (Lipinski definition) is 0. The molecule has 0 bridgehead atoms. The van der Waals surface area contributed by atoms with Crippen molar-refractivity contribution in [2.75, 3.05) is 82.4 Å². The summed E-state index contributed by atoms with van der Waals surface area (Å²) in [6.07, 6.45) is 6.14. The molecule has 3 atom stereocenters. The number of ether oxygens (including phenoxy) is 1. The van der Waals surface area contributed by atoms with Gasteiger partial charge in [-0.05, 0) is 56.8 Å². The summed E-state index contributed by atoms with van der Waals surface area (Å²) >= 11 is 6.73. The number of fused-ring (bicyclic) bond motifs is 2. The van der Waals surface area contributed by atoms with Crippen LogP contribution in [0.5, 0.6) is 6.01 Å². The summed E-state index contributed by atoms with van der Waals surface area (Å²) in [4.78, 5) is 37.8. The van der Waals surface area contributed by atoms with Crippen molar-refractivity contribution in [3.8, 4) is 6.01 Å². The molecule has 4 aliphatic heterocycles. The lowest BCUT2D eigenvalue weighted by atomic mass is 10.0. The van der Waals surface area contributed by atoms with Gasteiger partial charge in [0.15, 0.2) is 0 Å². The SMILES string of the molecule is [C-]#[N+]C[C@H]1CN(c2nc(OC[C@@H]3CCCN3C)nc3c2CCN(c2cccc4cccc(Cl)c24)C3)CCN1C(=O)/C=C/CN1CCC(F)C1. The van der Waals surface area contributed by atoms with Gasteiger partial charge in [-0.2, -0.15) is 9.97 Å². The highest BCUT2D eigenvalue weighted by molar-refractivity contribution is 6.36. The highest BCUT2D eigenvalue weighted by Gasteiger charge is 2.35. The van der Waals surface area contributed by atoms with Gasteiger partial charge in [-0.3, -0.25) is 9.69 Å². The van der Waals surface area contributed by atoms with Crippen LogP contribution < -0.4 is 14.5 Å². The van der Waals surface area contributed by atoms with E-state index >= 15 is 0 Å². The van der Waals surface area contributed by atoms with E-state index in [2.05, 4.69) is 50.9 Å². The van der Waals surface area contributed by atoms with E-state index in [1.54, 1.807) is 11.0 Å². The van der Waals surface area contributed by atoms with Gasteiger partial charge < -0.3 is 29.2 Å². The van der Waals surface area contributed by atoms with Gasteiger partial charge in [0.25, 0.3) is 0 Å². The molecule has 3 saturated heterocycles. The number of likely N-dealkylation sites (N-methyl/N-ethyl adjacent to an activating group) is 1. The fourth-order valence-electron chi connectivity index (χ4n) is 7.77. The normalized spacial score (nSPS) is 23.4. The molecule has 12 heteroatoms. The minimum Gasteiger partial charge on any atom is -0.462 e. The number of piperazine rings is 1. The highest BCUT2D eigenvalue weighted by atomic mass is 35.5. The van der Waals surface area contributed by atoms with Crippen LogP contribution in [0.25, 0.3) is 15.6 Å². The predicted octanol–water partition coefficient (Wildman–Crippen LogP) is 4.86. The van der Waals surface area contributed by atoms with Crippen LogP contribution in [0, 0.1) is 6.57 Å². The zero-order valence-electron chi connectivity index (χ0n) is 28.1. The van der Waals surface area contributed by atoms with Crippen LogP contribution in [0.2, 0.25) is 5.02 Å². The third-order valence-electron chi connectivity index (χ3n) is 10.5. The number of likely N-dealkylation sites (tertiary alicyclic amines) is 2. The molecule has 7 rings (SSSR count). The van der Waals surface area contributed by atoms with Crippen molar-refractivity contribution in [3.05, 3.63) is 76.2 Å². The molecule has 3 fully saturated rings. The van der Waals surface area contributed by atoms with Gasteiger partial charge in [-0.25, -0.2) is 11.0 Å². The summed E-state index contributed by atoms with van der Waals surface area (Å²) in [5.41, 5.74) is 3.09. The van der Waals surface area contributed by atoms with E-state index in [4.69, 9.17) is 32.9 Å². The van der Waals surface area contributed by atoms with Gasteiger partial charge in [0.2, 0.25) is 12.5 Å². The van der Waals surface area contributed by atoms with Gasteiger partial charge >= 0.3 is 6.01 Å². The first-order valence-corrected chi connectivity index (χ1v) is 17.8. The molecule has 0 N–H and O–H groups in total. The Morgan fingerprint density at radius 1 is 1.06 bits per heavy atom. The number of alkyl halides is 1. The van der Waals surface area contributed by atoms with E-state index in [1.807, 2.05) is 23.1 Å². The average Bonchev–Trinajstić information content (AvgIpc) is 3.73. The van der Waals surface area contributed by atoms with Crippen LogP contribution >= 0.6 is 11.6 Å². The van der Waals surface area contributed by atoms with Crippen molar-refractivity contribution in [1.29, 1.82) is 0 Å². The van der Waals surface area contributed by atoms with E-state index in [-0.39, 0.29) is 18.5 Å². The summed E-state index contributed by atoms with van der Waals surface area (Å²) in [5.74, 6) is 0.728. The number of rotatable bonds is 9. The minimum atomic E-state index is -0.789. The van der Waals surface area contributed by atoms with Crippen molar-refractivity contribution in [2.24, 2.45) is 0 Å². The third kappa shape index (κ3) is 7.32. The molecule has 1 unspecified atom stereocenters. The van der Waals surface area contributed by atoms with Gasteiger partial charge in [0, 0.05) is 74.6 Å². The topological polar surface area (TPSA) is 72.6 Å². The maximum atomic E-state index is 13.6. The minimum absolute atomic E-state index is 0.108. The first-order valence-electron chi connectivity index (χ1n) is 17.4. The zero-order valence-corrected chi connectivity index (χ0v) is 28.9. The number of halogens is 2. The number of aromatic nitrogens is 2. The number of hydrogen-bond acceptors (Lipinski definition) is 8. The molecule has 0 saturated carbocycles. The Kier molecular flexibility index (Phi) is 10.2. The largest absolute Gasteiger partial charge is 0.462 e. The Bertz CT molecular complexity index is 1740. The van der Waals surface area contributed by atoms with Crippen molar-refractivity contribution < 1.29 is 13.9 Å². The maximum absolute atomic E-state index is 13.6. The van der Waals surface area contributed by atoms with E-state index in [0.717, 1.165) is 70.9 Å². The molecule has 5 heterocycles. The molecule has 0 spiro atoms. The van der Waals surface area contributed by atoms with E-state index in [0.29, 0.717) is 70.9 Å². The predicted molar refractivity (Wildman–Crippen MR) is 191 cm³/mol. The second-order valence-corrected chi connectivity index (χ2v) is 14.1. The molecule has 10 nitrogen and oxygen atoms in total. The van der Waals surface area contributed by atoms with Crippen molar-refractivity contribution >= 4 is 39.8 Å². The average molecular weight is 687 g/mol. The Labute approximate surface area is 292 Å². The molecule has 1 amide bonds. The van der Waals surface area contributed by atoms with Crippen LogP contribution in [0.3, 0.4) is 0 Å². The summed E-state index contributed by atoms with van der Waals surface area (Å²) in [6.45, 7) is 14.0. The molecule has 49 heavy (non-hydrogen) atoms. The highest BCUT2D eigenvalue weighted by Crippen LogP contribution is 2.37. The monoisotopic (exact) mass is 686 g/mol. The number of anilines is 2. The van der Waals surface area contributed by atoms with Crippen LogP contribution in [0.15, 0.2) is 48.6 Å². The number of amides is 1. The van der Waals surface area contributed by atoms with Gasteiger partial charge in [0.05, 0.1) is 17.3 Å². The maximum Gasteiger partial charge on any atom is 0.318 e. The zero-order chi connectivity index (χ0) is 33.9. The number of carbonyl (C=O) groups excluding carboxylic acids is 1. The van der Waals surface area contributed by atoms with Crippen molar-refractivity contribution in [1.82, 2.24) is 24.7 Å². The van der Waals surface area contributed by atoms with Crippen LogP contribution in [0.4, 0.5) is 15.9 Å².